The summed E-state index contributed by atoms with van der Waals surface area (Å²) >= 11 is 1.31. The molecule has 0 atom stereocenters. The molecule has 0 aliphatic rings. The molecule has 0 unspecified atom stereocenters. The van der Waals surface area contributed by atoms with E-state index in [0.29, 0.717) is 22.0 Å². The lowest BCUT2D eigenvalue weighted by atomic mass is 10.1. The quantitative estimate of drug-likeness (QED) is 0.540. The van der Waals surface area contributed by atoms with E-state index in [1.54, 1.807) is 53.9 Å². The van der Waals surface area contributed by atoms with E-state index in [9.17, 15) is 14.4 Å². The molecule has 0 saturated carbocycles. The van der Waals surface area contributed by atoms with E-state index in [1.165, 1.54) is 18.4 Å². The van der Waals surface area contributed by atoms with E-state index in [0.717, 1.165) is 5.56 Å². The van der Waals surface area contributed by atoms with Crippen LogP contribution < -0.4 is 20.7 Å². The second kappa shape index (κ2) is 9.71. The highest BCUT2D eigenvalue weighted by Crippen LogP contribution is 2.25. The molecule has 154 valence electrons. The van der Waals surface area contributed by atoms with Gasteiger partial charge in [0.15, 0.2) is 0 Å². The number of carbonyl (C=O) groups is 3. The number of rotatable bonds is 7. The molecule has 3 rings (SSSR count). The van der Waals surface area contributed by atoms with Crippen LogP contribution in [-0.2, 0) is 4.79 Å². The van der Waals surface area contributed by atoms with Crippen molar-refractivity contribution in [2.24, 2.45) is 0 Å². The van der Waals surface area contributed by atoms with Crippen molar-refractivity contribution in [3.63, 3.8) is 0 Å². The zero-order chi connectivity index (χ0) is 21.5. The summed E-state index contributed by atoms with van der Waals surface area (Å²) in [4.78, 5) is 37.7. The van der Waals surface area contributed by atoms with Gasteiger partial charge in [0.05, 0.1) is 35.5 Å². The molecule has 0 fully saturated rings. The van der Waals surface area contributed by atoms with Crippen LogP contribution in [0.4, 0.5) is 11.4 Å². The third-order valence-corrected chi connectivity index (χ3v) is 5.07. The van der Waals surface area contributed by atoms with Crippen LogP contribution in [-0.4, -0.2) is 31.4 Å². The highest BCUT2D eigenvalue weighted by Gasteiger charge is 2.16. The van der Waals surface area contributed by atoms with Gasteiger partial charge < -0.3 is 20.7 Å². The SMILES string of the molecule is COc1ccc(C)cc1NC(=O)CNC(=O)c1ccccc1NC(=O)c1cccs1. The van der Waals surface area contributed by atoms with Gasteiger partial charge in [0.25, 0.3) is 11.8 Å². The van der Waals surface area contributed by atoms with Crippen LogP contribution in [0.1, 0.15) is 25.6 Å². The Morgan fingerprint density at radius 1 is 0.933 bits per heavy atom. The first-order chi connectivity index (χ1) is 14.5. The first-order valence-electron chi connectivity index (χ1n) is 9.14. The Hall–Kier alpha value is -3.65. The van der Waals surface area contributed by atoms with Gasteiger partial charge in [0.1, 0.15) is 5.75 Å². The molecule has 3 aromatic rings. The first kappa shape index (κ1) is 21.1. The van der Waals surface area contributed by atoms with Gasteiger partial charge in [-0.15, -0.1) is 11.3 Å². The predicted octanol–water partition coefficient (Wildman–Crippen LogP) is 3.69. The maximum absolute atomic E-state index is 12.6. The lowest BCUT2D eigenvalue weighted by Crippen LogP contribution is -2.33. The van der Waals surface area contributed by atoms with E-state index in [1.807, 2.05) is 13.0 Å². The maximum Gasteiger partial charge on any atom is 0.265 e. The number of ether oxygens (including phenoxy) is 1. The van der Waals surface area contributed by atoms with Crippen molar-refractivity contribution in [1.29, 1.82) is 0 Å². The number of aryl methyl sites for hydroxylation is 1. The van der Waals surface area contributed by atoms with Gasteiger partial charge in [-0.25, -0.2) is 0 Å². The molecule has 3 N–H and O–H groups in total. The summed E-state index contributed by atoms with van der Waals surface area (Å²) < 4.78 is 5.24. The summed E-state index contributed by atoms with van der Waals surface area (Å²) in [6.07, 6.45) is 0. The number of nitrogens with one attached hydrogen (secondary N) is 3. The third-order valence-electron chi connectivity index (χ3n) is 4.20. The lowest BCUT2D eigenvalue weighted by molar-refractivity contribution is -0.115. The lowest BCUT2D eigenvalue weighted by Gasteiger charge is -2.13. The van der Waals surface area contributed by atoms with E-state index in [-0.39, 0.29) is 18.0 Å². The minimum atomic E-state index is -0.469. The van der Waals surface area contributed by atoms with Gasteiger partial charge in [-0.3, -0.25) is 14.4 Å². The zero-order valence-electron chi connectivity index (χ0n) is 16.5. The number of methoxy groups -OCH3 is 1. The fourth-order valence-corrected chi connectivity index (χ4v) is 3.37. The molecular formula is C22H21N3O4S. The van der Waals surface area contributed by atoms with E-state index in [4.69, 9.17) is 4.74 Å². The molecule has 30 heavy (non-hydrogen) atoms. The normalized spacial score (nSPS) is 10.2. The van der Waals surface area contributed by atoms with E-state index < -0.39 is 11.8 Å². The van der Waals surface area contributed by atoms with E-state index in [2.05, 4.69) is 16.0 Å². The van der Waals surface area contributed by atoms with Crippen molar-refractivity contribution in [2.45, 2.75) is 6.92 Å². The summed E-state index contributed by atoms with van der Waals surface area (Å²) in [6, 6.07) is 15.5. The molecule has 3 amide bonds. The molecule has 0 aliphatic carbocycles. The smallest absolute Gasteiger partial charge is 0.265 e. The van der Waals surface area contributed by atoms with Crippen LogP contribution >= 0.6 is 11.3 Å². The molecule has 0 aliphatic heterocycles. The highest BCUT2D eigenvalue weighted by atomic mass is 32.1. The number of hydrogen-bond acceptors (Lipinski definition) is 5. The van der Waals surface area contributed by atoms with Crippen molar-refractivity contribution in [3.05, 3.63) is 76.0 Å². The molecule has 0 spiro atoms. The molecule has 0 bridgehead atoms. The highest BCUT2D eigenvalue weighted by molar-refractivity contribution is 7.12. The number of benzene rings is 2. The Morgan fingerprint density at radius 3 is 2.47 bits per heavy atom. The number of hydrogen-bond donors (Lipinski definition) is 3. The van der Waals surface area contributed by atoms with Crippen LogP contribution in [0.25, 0.3) is 0 Å². The van der Waals surface area contributed by atoms with Crippen molar-refractivity contribution >= 4 is 40.4 Å². The summed E-state index contributed by atoms with van der Waals surface area (Å²) in [6.45, 7) is 1.67. The van der Waals surface area contributed by atoms with Crippen LogP contribution in [0.5, 0.6) is 5.75 Å². The Bertz CT molecular complexity index is 1060. The second-order valence-electron chi connectivity index (χ2n) is 6.41. The predicted molar refractivity (Wildman–Crippen MR) is 117 cm³/mol. The number of amides is 3. The average Bonchev–Trinajstić information content (AvgIpc) is 3.28. The number of carbonyl (C=O) groups excluding carboxylic acids is 3. The van der Waals surface area contributed by atoms with Crippen molar-refractivity contribution < 1.29 is 19.1 Å². The first-order valence-corrected chi connectivity index (χ1v) is 10.0. The van der Waals surface area contributed by atoms with Crippen LogP contribution in [0, 0.1) is 6.92 Å². The fourth-order valence-electron chi connectivity index (χ4n) is 2.75. The molecule has 1 heterocycles. The number of anilines is 2. The van der Waals surface area contributed by atoms with E-state index >= 15 is 0 Å². The van der Waals surface area contributed by atoms with Gasteiger partial charge >= 0.3 is 0 Å². The summed E-state index contributed by atoms with van der Waals surface area (Å²) in [5.74, 6) is -0.632. The second-order valence-corrected chi connectivity index (χ2v) is 7.36. The van der Waals surface area contributed by atoms with Gasteiger partial charge in [-0.1, -0.05) is 24.3 Å². The van der Waals surface area contributed by atoms with Crippen molar-refractivity contribution in [3.8, 4) is 5.75 Å². The largest absolute Gasteiger partial charge is 0.495 e. The molecule has 8 heteroatoms. The van der Waals surface area contributed by atoms with Crippen molar-refractivity contribution in [2.75, 3.05) is 24.3 Å². The molecule has 2 aromatic carbocycles. The van der Waals surface area contributed by atoms with Gasteiger partial charge in [-0.05, 0) is 48.2 Å². The standard InChI is InChI=1S/C22H21N3O4S/c1-14-9-10-18(29-2)17(12-14)24-20(26)13-23-21(27)15-6-3-4-7-16(15)25-22(28)19-8-5-11-30-19/h3-12H,13H2,1-2H3,(H,23,27)(H,24,26)(H,25,28). The zero-order valence-corrected chi connectivity index (χ0v) is 17.3. The Labute approximate surface area is 178 Å². The summed E-state index contributed by atoms with van der Waals surface area (Å²) in [5.41, 5.74) is 2.13. The Balaban J connectivity index is 1.63. The van der Waals surface area contributed by atoms with Gasteiger partial charge in [-0.2, -0.15) is 0 Å². The Morgan fingerprint density at radius 2 is 1.73 bits per heavy atom. The molecule has 0 radical (unpaired) electrons. The minimum absolute atomic E-state index is 0.233. The van der Waals surface area contributed by atoms with Crippen molar-refractivity contribution in [1.82, 2.24) is 5.32 Å². The molecule has 1 aromatic heterocycles. The van der Waals surface area contributed by atoms with Crippen LogP contribution in [0.15, 0.2) is 60.0 Å². The number of thiophene rings is 1. The van der Waals surface area contributed by atoms with Gasteiger partial charge in [0.2, 0.25) is 5.91 Å². The summed E-state index contributed by atoms with van der Waals surface area (Å²) in [7, 11) is 1.52. The number of para-hydroxylation sites is 1. The monoisotopic (exact) mass is 423 g/mol. The average molecular weight is 423 g/mol. The minimum Gasteiger partial charge on any atom is -0.495 e. The van der Waals surface area contributed by atoms with Gasteiger partial charge in [0, 0.05) is 0 Å². The summed E-state index contributed by atoms with van der Waals surface area (Å²) in [5, 5.41) is 9.84. The van der Waals surface area contributed by atoms with Crippen LogP contribution in [0.3, 0.4) is 0 Å². The fraction of sp³-hybridized carbons (Fsp3) is 0.136. The molecular weight excluding hydrogens is 402 g/mol. The third kappa shape index (κ3) is 5.24. The van der Waals surface area contributed by atoms with Crippen LogP contribution in [0.2, 0.25) is 0 Å². The molecule has 0 saturated heterocycles. The maximum atomic E-state index is 12.6. The topological polar surface area (TPSA) is 96.5 Å². The Kier molecular flexibility index (Phi) is 6.82. The molecule has 7 nitrogen and oxygen atoms in total.